The Kier molecular flexibility index (Phi) is 3.08. The van der Waals surface area contributed by atoms with Crippen LogP contribution in [0.1, 0.15) is 42.2 Å². The number of aromatic nitrogens is 1. The summed E-state index contributed by atoms with van der Waals surface area (Å²) in [4.78, 5) is 14.3. The summed E-state index contributed by atoms with van der Waals surface area (Å²) in [5.74, 6) is 0.00495. The molecule has 1 N–H and O–H groups in total. The van der Waals surface area contributed by atoms with Crippen LogP contribution in [0.5, 0.6) is 0 Å². The molecule has 1 aromatic rings. The predicted octanol–water partition coefficient (Wildman–Crippen LogP) is 2.07. The first kappa shape index (κ1) is 12.1. The molecule has 1 saturated carbocycles. The molecule has 0 bridgehead atoms. The smallest absolute Gasteiger partial charge is 0.270 e. The number of nitrogens with zero attached hydrogens (tertiary/aromatic N) is 2. The lowest BCUT2D eigenvalue weighted by atomic mass is 10.2. The Morgan fingerprint density at radius 1 is 1.44 bits per heavy atom. The summed E-state index contributed by atoms with van der Waals surface area (Å²) >= 11 is 6.02. The number of carbonyl (C=O) groups excluding carboxylic acids is 1. The minimum absolute atomic E-state index is 0.00495. The molecule has 1 unspecified atom stereocenters. The number of aliphatic hydroxyl groups excluding tert-OH is 1. The van der Waals surface area contributed by atoms with E-state index in [1.54, 1.807) is 11.0 Å². The van der Waals surface area contributed by atoms with Crippen LogP contribution in [0.4, 0.5) is 0 Å². The Bertz CT molecular complexity index is 468. The summed E-state index contributed by atoms with van der Waals surface area (Å²) in [6.07, 6.45) is 5.94. The van der Waals surface area contributed by atoms with E-state index in [1.807, 2.05) is 10.8 Å². The number of rotatable bonds is 3. The molecule has 1 amide bonds. The molecular weight excluding hydrogens is 252 g/mol. The number of hydrogen-bond donors (Lipinski definition) is 1. The summed E-state index contributed by atoms with van der Waals surface area (Å²) in [6, 6.07) is 2.15. The van der Waals surface area contributed by atoms with E-state index in [9.17, 15) is 9.90 Å². The minimum Gasteiger partial charge on any atom is -0.394 e. The number of aliphatic hydroxyl groups is 1. The Morgan fingerprint density at radius 2 is 2.22 bits per heavy atom. The summed E-state index contributed by atoms with van der Waals surface area (Å²) in [5, 5.41) is 9.92. The molecular formula is C13H17ClN2O2. The topological polar surface area (TPSA) is 45.5 Å². The van der Waals surface area contributed by atoms with Gasteiger partial charge in [-0.3, -0.25) is 4.79 Å². The van der Waals surface area contributed by atoms with Gasteiger partial charge in [0.1, 0.15) is 5.69 Å². The van der Waals surface area contributed by atoms with E-state index in [2.05, 4.69) is 0 Å². The average molecular weight is 269 g/mol. The highest BCUT2D eigenvalue weighted by atomic mass is 35.5. The van der Waals surface area contributed by atoms with Crippen LogP contribution in [0.25, 0.3) is 0 Å². The highest BCUT2D eigenvalue weighted by Crippen LogP contribution is 2.38. The first-order valence-corrected chi connectivity index (χ1v) is 6.87. The van der Waals surface area contributed by atoms with Crippen LogP contribution in [-0.2, 0) is 0 Å². The molecule has 2 heterocycles. The van der Waals surface area contributed by atoms with E-state index in [1.165, 1.54) is 0 Å². The zero-order valence-corrected chi connectivity index (χ0v) is 10.9. The molecule has 1 aromatic heterocycles. The van der Waals surface area contributed by atoms with Gasteiger partial charge in [-0.2, -0.15) is 0 Å². The van der Waals surface area contributed by atoms with Crippen LogP contribution in [-0.4, -0.2) is 39.7 Å². The maximum absolute atomic E-state index is 12.5. The Balaban J connectivity index is 1.87. The van der Waals surface area contributed by atoms with Crippen LogP contribution in [0.15, 0.2) is 12.3 Å². The fraction of sp³-hybridized carbons (Fsp3) is 0.615. The van der Waals surface area contributed by atoms with Gasteiger partial charge < -0.3 is 14.6 Å². The van der Waals surface area contributed by atoms with E-state index in [0.717, 1.165) is 32.2 Å². The third kappa shape index (κ3) is 2.04. The molecule has 1 aliphatic heterocycles. The molecule has 2 aliphatic rings. The van der Waals surface area contributed by atoms with Crippen molar-refractivity contribution < 1.29 is 9.90 Å². The van der Waals surface area contributed by atoms with Gasteiger partial charge in [-0.25, -0.2) is 0 Å². The van der Waals surface area contributed by atoms with E-state index in [0.29, 0.717) is 16.8 Å². The van der Waals surface area contributed by atoms with Crippen molar-refractivity contribution in [2.45, 2.75) is 37.8 Å². The fourth-order valence-corrected chi connectivity index (χ4v) is 2.92. The first-order chi connectivity index (χ1) is 8.70. The van der Waals surface area contributed by atoms with Crippen LogP contribution >= 0.6 is 11.6 Å². The van der Waals surface area contributed by atoms with E-state index >= 15 is 0 Å². The molecule has 0 radical (unpaired) electrons. The highest BCUT2D eigenvalue weighted by Gasteiger charge is 2.33. The van der Waals surface area contributed by atoms with Crippen molar-refractivity contribution >= 4 is 17.5 Å². The lowest BCUT2D eigenvalue weighted by Crippen LogP contribution is -2.38. The van der Waals surface area contributed by atoms with E-state index in [-0.39, 0.29) is 18.6 Å². The lowest BCUT2D eigenvalue weighted by molar-refractivity contribution is 0.0666. The third-order valence-electron chi connectivity index (χ3n) is 3.82. The van der Waals surface area contributed by atoms with Gasteiger partial charge in [-0.05, 0) is 31.7 Å². The van der Waals surface area contributed by atoms with Crippen molar-refractivity contribution in [1.82, 2.24) is 9.47 Å². The van der Waals surface area contributed by atoms with Crippen molar-refractivity contribution in [1.29, 1.82) is 0 Å². The van der Waals surface area contributed by atoms with Gasteiger partial charge in [0.05, 0.1) is 17.7 Å². The van der Waals surface area contributed by atoms with Gasteiger partial charge in [0.2, 0.25) is 0 Å². The minimum atomic E-state index is -0.0289. The van der Waals surface area contributed by atoms with Crippen molar-refractivity contribution in [2.24, 2.45) is 0 Å². The van der Waals surface area contributed by atoms with E-state index in [4.69, 9.17) is 11.6 Å². The fourth-order valence-electron chi connectivity index (χ4n) is 2.71. The second-order valence-corrected chi connectivity index (χ2v) is 5.60. The molecule has 0 aromatic carbocycles. The molecule has 4 nitrogen and oxygen atoms in total. The number of hydrogen-bond acceptors (Lipinski definition) is 2. The molecule has 1 aliphatic carbocycles. The Hall–Kier alpha value is -1.00. The molecule has 98 valence electrons. The monoisotopic (exact) mass is 268 g/mol. The average Bonchev–Trinajstić information content (AvgIpc) is 2.97. The summed E-state index contributed by atoms with van der Waals surface area (Å²) in [7, 11) is 0. The largest absolute Gasteiger partial charge is 0.394 e. The summed E-state index contributed by atoms with van der Waals surface area (Å²) in [6.45, 7) is 0.779. The number of halogens is 1. The number of likely N-dealkylation sites (tertiary alicyclic amines) is 1. The van der Waals surface area contributed by atoms with Crippen LogP contribution in [0.3, 0.4) is 0 Å². The lowest BCUT2D eigenvalue weighted by Gasteiger charge is -2.23. The third-order valence-corrected chi connectivity index (χ3v) is 4.03. The van der Waals surface area contributed by atoms with Crippen molar-refractivity contribution in [2.75, 3.05) is 13.2 Å². The van der Waals surface area contributed by atoms with Crippen molar-refractivity contribution in [3.8, 4) is 0 Å². The predicted molar refractivity (Wildman–Crippen MR) is 68.9 cm³/mol. The quantitative estimate of drug-likeness (QED) is 0.912. The molecule has 1 atom stereocenters. The molecule has 0 spiro atoms. The molecule has 2 fully saturated rings. The van der Waals surface area contributed by atoms with E-state index < -0.39 is 0 Å². The Morgan fingerprint density at radius 3 is 2.89 bits per heavy atom. The first-order valence-electron chi connectivity index (χ1n) is 6.50. The number of carbonyl (C=O) groups is 1. The second kappa shape index (κ2) is 4.59. The standard InChI is InChI=1S/C13H17ClN2O2/c14-9-6-12(16(7-9)10-3-4-10)13(18)15-5-1-2-11(15)8-17/h6-7,10-11,17H,1-5,8H2. The normalized spacial score (nSPS) is 23.7. The second-order valence-electron chi connectivity index (χ2n) is 5.16. The molecule has 18 heavy (non-hydrogen) atoms. The highest BCUT2D eigenvalue weighted by molar-refractivity contribution is 6.31. The van der Waals surface area contributed by atoms with Crippen LogP contribution in [0, 0.1) is 0 Å². The van der Waals surface area contributed by atoms with Crippen LogP contribution in [0.2, 0.25) is 5.02 Å². The number of amides is 1. The van der Waals surface area contributed by atoms with Gasteiger partial charge >= 0.3 is 0 Å². The maximum atomic E-state index is 12.5. The van der Waals surface area contributed by atoms with Crippen LogP contribution < -0.4 is 0 Å². The Labute approximate surface area is 111 Å². The van der Waals surface area contributed by atoms with Crippen molar-refractivity contribution in [3.05, 3.63) is 23.0 Å². The summed E-state index contributed by atoms with van der Waals surface area (Å²) < 4.78 is 2.00. The maximum Gasteiger partial charge on any atom is 0.270 e. The molecule has 3 rings (SSSR count). The SMILES string of the molecule is O=C(c1cc(Cl)cn1C1CC1)N1CCCC1CO. The van der Waals surface area contributed by atoms with Crippen molar-refractivity contribution in [3.63, 3.8) is 0 Å². The van der Waals surface area contributed by atoms with Gasteiger partial charge in [-0.15, -0.1) is 0 Å². The zero-order chi connectivity index (χ0) is 12.7. The molecule has 5 heteroatoms. The zero-order valence-electron chi connectivity index (χ0n) is 10.2. The molecule has 1 saturated heterocycles. The summed E-state index contributed by atoms with van der Waals surface area (Å²) in [5.41, 5.74) is 0.669. The van der Waals surface area contributed by atoms with Gasteiger partial charge in [0.15, 0.2) is 0 Å². The van der Waals surface area contributed by atoms with Gasteiger partial charge in [-0.1, -0.05) is 11.6 Å². The van der Waals surface area contributed by atoms with Gasteiger partial charge in [0, 0.05) is 18.8 Å². The van der Waals surface area contributed by atoms with Gasteiger partial charge in [0.25, 0.3) is 5.91 Å².